The van der Waals surface area contributed by atoms with Crippen LogP contribution in [0.4, 0.5) is 4.39 Å². The van der Waals surface area contributed by atoms with Crippen molar-refractivity contribution in [1.29, 1.82) is 0 Å². The van der Waals surface area contributed by atoms with Crippen molar-refractivity contribution in [1.82, 2.24) is 5.32 Å². The van der Waals surface area contributed by atoms with E-state index in [4.69, 9.17) is 4.74 Å². The molecule has 0 spiro atoms. The predicted octanol–water partition coefficient (Wildman–Crippen LogP) is 3.86. The van der Waals surface area contributed by atoms with Crippen molar-refractivity contribution in [2.24, 2.45) is 0 Å². The van der Waals surface area contributed by atoms with Crippen LogP contribution in [0.3, 0.4) is 0 Å². The van der Waals surface area contributed by atoms with Gasteiger partial charge in [-0.15, -0.1) is 0 Å². The van der Waals surface area contributed by atoms with E-state index in [1.165, 1.54) is 12.1 Å². The molecular weight excluding hydrogens is 301 g/mol. The van der Waals surface area contributed by atoms with Crippen LogP contribution in [0.25, 0.3) is 0 Å². The minimum Gasteiger partial charge on any atom is -0.457 e. The minimum absolute atomic E-state index is 0.0145. The van der Waals surface area contributed by atoms with E-state index in [2.05, 4.69) is 17.9 Å². The Morgan fingerprint density at radius 3 is 2.59 bits per heavy atom. The smallest absolute Gasteiger partial charge is 0.221 e. The minimum atomic E-state index is -0.295. The first-order chi connectivity index (χ1) is 10.6. The quantitative estimate of drug-likeness (QED) is 0.794. The molecule has 0 unspecified atom stereocenters. The number of hydrogen-bond acceptors (Lipinski definition) is 3. The van der Waals surface area contributed by atoms with Crippen LogP contribution in [-0.4, -0.2) is 11.7 Å². The van der Waals surface area contributed by atoms with Crippen LogP contribution >= 0.6 is 12.6 Å². The molecule has 0 aliphatic heterocycles. The maximum absolute atomic E-state index is 12.9. The number of thiol groups is 1. The van der Waals surface area contributed by atoms with Gasteiger partial charge in [0.05, 0.1) is 0 Å². The molecule has 0 aliphatic rings. The van der Waals surface area contributed by atoms with E-state index >= 15 is 0 Å². The van der Waals surface area contributed by atoms with Gasteiger partial charge in [-0.2, -0.15) is 12.6 Å². The summed E-state index contributed by atoms with van der Waals surface area (Å²) < 4.78 is 18.6. The summed E-state index contributed by atoms with van der Waals surface area (Å²) in [6.07, 6.45) is 0.411. The molecule has 0 atom stereocenters. The zero-order chi connectivity index (χ0) is 15.9. The average Bonchev–Trinajstić information content (AvgIpc) is 2.50. The molecule has 0 bridgehead atoms. The number of rotatable bonds is 6. The highest BCUT2D eigenvalue weighted by molar-refractivity contribution is 7.80. The monoisotopic (exact) mass is 319 g/mol. The Morgan fingerprint density at radius 1 is 1.23 bits per heavy atom. The lowest BCUT2D eigenvalue weighted by Crippen LogP contribution is -2.22. The molecule has 0 fully saturated rings. The summed E-state index contributed by atoms with van der Waals surface area (Å²) >= 11 is 4.02. The van der Waals surface area contributed by atoms with Gasteiger partial charge < -0.3 is 10.1 Å². The highest BCUT2D eigenvalue weighted by atomic mass is 32.1. The maximum atomic E-state index is 12.9. The normalized spacial score (nSPS) is 10.3. The Balaban J connectivity index is 2.00. The van der Waals surface area contributed by atoms with Gasteiger partial charge in [-0.25, -0.2) is 4.39 Å². The van der Waals surface area contributed by atoms with Gasteiger partial charge >= 0.3 is 0 Å². The van der Waals surface area contributed by atoms with E-state index in [1.807, 2.05) is 25.1 Å². The van der Waals surface area contributed by atoms with E-state index in [0.717, 1.165) is 11.1 Å². The van der Waals surface area contributed by atoms with Gasteiger partial charge in [0.2, 0.25) is 5.91 Å². The van der Waals surface area contributed by atoms with Crippen molar-refractivity contribution in [3.63, 3.8) is 0 Å². The maximum Gasteiger partial charge on any atom is 0.221 e. The molecule has 22 heavy (non-hydrogen) atoms. The lowest BCUT2D eigenvalue weighted by Gasteiger charge is -2.11. The van der Waals surface area contributed by atoms with Gasteiger partial charge in [0.25, 0.3) is 0 Å². The second-order valence-electron chi connectivity index (χ2n) is 4.91. The largest absolute Gasteiger partial charge is 0.457 e. The number of benzene rings is 2. The summed E-state index contributed by atoms with van der Waals surface area (Å²) in [6, 6.07) is 11.6. The van der Waals surface area contributed by atoms with E-state index in [1.54, 1.807) is 12.1 Å². The third-order valence-electron chi connectivity index (χ3n) is 3.11. The Labute approximate surface area is 134 Å². The summed E-state index contributed by atoms with van der Waals surface area (Å²) in [5.41, 5.74) is 1.95. The van der Waals surface area contributed by atoms with Gasteiger partial charge in [0.15, 0.2) is 0 Å². The van der Waals surface area contributed by atoms with Crippen molar-refractivity contribution in [2.45, 2.75) is 19.9 Å². The molecule has 2 aromatic carbocycles. The average molecular weight is 319 g/mol. The van der Waals surface area contributed by atoms with Crippen molar-refractivity contribution in [2.75, 3.05) is 5.75 Å². The molecule has 0 radical (unpaired) electrons. The van der Waals surface area contributed by atoms with E-state index in [9.17, 15) is 9.18 Å². The number of ether oxygens (including phenoxy) is 1. The Kier molecular flexibility index (Phi) is 5.83. The van der Waals surface area contributed by atoms with Crippen LogP contribution in [-0.2, 0) is 11.3 Å². The lowest BCUT2D eigenvalue weighted by molar-refractivity contribution is -0.120. The molecule has 0 saturated heterocycles. The number of hydrogen-bond donors (Lipinski definition) is 2. The number of carbonyl (C=O) groups is 1. The molecule has 3 nitrogen and oxygen atoms in total. The van der Waals surface area contributed by atoms with Crippen molar-refractivity contribution < 1.29 is 13.9 Å². The molecular formula is C17H18FNO2S. The zero-order valence-corrected chi connectivity index (χ0v) is 13.2. The summed E-state index contributed by atoms with van der Waals surface area (Å²) in [4.78, 5) is 11.4. The third kappa shape index (κ3) is 4.77. The number of halogens is 1. The molecule has 1 N–H and O–H groups in total. The molecule has 0 aromatic heterocycles. The first-order valence-corrected chi connectivity index (χ1v) is 7.62. The molecule has 2 rings (SSSR count). The molecule has 1 amide bonds. The fourth-order valence-corrected chi connectivity index (χ4v) is 2.16. The summed E-state index contributed by atoms with van der Waals surface area (Å²) in [5.74, 6) is 1.52. The van der Waals surface area contributed by atoms with Crippen LogP contribution in [0.1, 0.15) is 17.5 Å². The van der Waals surface area contributed by atoms with Gasteiger partial charge in [-0.3, -0.25) is 4.79 Å². The van der Waals surface area contributed by atoms with Crippen molar-refractivity contribution in [3.05, 3.63) is 59.4 Å². The van der Waals surface area contributed by atoms with Crippen LogP contribution < -0.4 is 10.1 Å². The van der Waals surface area contributed by atoms with Crippen molar-refractivity contribution >= 4 is 18.5 Å². The lowest BCUT2D eigenvalue weighted by atomic mass is 10.1. The van der Waals surface area contributed by atoms with Crippen LogP contribution in [0.5, 0.6) is 11.5 Å². The molecule has 0 saturated carbocycles. The first-order valence-electron chi connectivity index (χ1n) is 6.99. The standard InChI is InChI=1S/C17H18FNO2S/c1-12-10-13(11-19-17(20)8-9-22)2-7-16(12)21-15-5-3-14(18)4-6-15/h2-7,10,22H,8-9,11H2,1H3,(H,19,20). The van der Waals surface area contributed by atoms with E-state index in [-0.39, 0.29) is 11.7 Å². The van der Waals surface area contributed by atoms with Gasteiger partial charge in [0.1, 0.15) is 17.3 Å². The highest BCUT2D eigenvalue weighted by Crippen LogP contribution is 2.25. The molecule has 2 aromatic rings. The molecule has 116 valence electrons. The van der Waals surface area contributed by atoms with Crippen LogP contribution in [0.2, 0.25) is 0 Å². The Hall–Kier alpha value is -2.01. The van der Waals surface area contributed by atoms with Crippen molar-refractivity contribution in [3.8, 4) is 11.5 Å². The summed E-state index contributed by atoms with van der Waals surface area (Å²) in [7, 11) is 0. The molecule has 0 aliphatic carbocycles. The summed E-state index contributed by atoms with van der Waals surface area (Å²) in [5, 5.41) is 2.83. The SMILES string of the molecule is Cc1cc(CNC(=O)CCS)ccc1Oc1ccc(F)cc1. The fourth-order valence-electron chi connectivity index (χ4n) is 1.96. The number of nitrogens with one attached hydrogen (secondary N) is 1. The molecule has 5 heteroatoms. The van der Waals surface area contributed by atoms with E-state index < -0.39 is 0 Å². The fraction of sp³-hybridized carbons (Fsp3) is 0.235. The zero-order valence-electron chi connectivity index (χ0n) is 12.3. The molecule has 0 heterocycles. The Morgan fingerprint density at radius 2 is 1.95 bits per heavy atom. The van der Waals surface area contributed by atoms with Gasteiger partial charge in [-0.1, -0.05) is 12.1 Å². The third-order valence-corrected chi connectivity index (χ3v) is 3.33. The first kappa shape index (κ1) is 16.4. The topological polar surface area (TPSA) is 38.3 Å². The highest BCUT2D eigenvalue weighted by Gasteiger charge is 2.05. The van der Waals surface area contributed by atoms with E-state index in [0.29, 0.717) is 30.2 Å². The van der Waals surface area contributed by atoms with Gasteiger partial charge in [-0.05, 0) is 54.1 Å². The van der Waals surface area contributed by atoms with Gasteiger partial charge in [0, 0.05) is 13.0 Å². The number of aryl methyl sites for hydroxylation is 1. The van der Waals surface area contributed by atoms with Crippen LogP contribution in [0.15, 0.2) is 42.5 Å². The summed E-state index contributed by atoms with van der Waals surface area (Å²) in [6.45, 7) is 2.40. The second kappa shape index (κ2) is 7.84. The number of amides is 1. The Bertz CT molecular complexity index is 644. The predicted molar refractivity (Wildman–Crippen MR) is 88.0 cm³/mol. The number of carbonyl (C=O) groups excluding carboxylic acids is 1. The second-order valence-corrected chi connectivity index (χ2v) is 5.35. The van der Waals surface area contributed by atoms with Crippen LogP contribution in [0, 0.1) is 12.7 Å².